The van der Waals surface area contributed by atoms with Crippen molar-refractivity contribution in [3.05, 3.63) is 53.5 Å². The number of hydrogen-bond acceptors (Lipinski definition) is 5. The van der Waals surface area contributed by atoms with E-state index in [1.54, 1.807) is 13.3 Å². The third-order valence-corrected chi connectivity index (χ3v) is 4.56. The molecule has 1 aliphatic rings. The molecular formula is C19H22N4O2. The molecule has 0 amide bonds. The zero-order valence-electron chi connectivity index (χ0n) is 14.5. The molecule has 2 aromatic heterocycles. The van der Waals surface area contributed by atoms with Gasteiger partial charge in [0, 0.05) is 24.8 Å². The van der Waals surface area contributed by atoms with E-state index in [1.807, 2.05) is 12.1 Å². The Labute approximate surface area is 146 Å². The molecule has 0 fully saturated rings. The topological polar surface area (TPSA) is 61.2 Å². The van der Waals surface area contributed by atoms with Crippen LogP contribution in [-0.4, -0.2) is 34.8 Å². The number of methoxy groups -OCH3 is 1. The molecule has 6 heteroatoms. The maximum absolute atomic E-state index is 5.76. The van der Waals surface area contributed by atoms with Crippen molar-refractivity contribution >= 4 is 11.0 Å². The molecule has 1 N–H and O–H groups in total. The SMILES string of the molecule is COc1ncccc1CNCC1COCc2nc3cc(C)ccc3n21. The fourth-order valence-electron chi connectivity index (χ4n) is 3.39. The second-order valence-electron chi connectivity index (χ2n) is 6.36. The van der Waals surface area contributed by atoms with Crippen LogP contribution in [0.4, 0.5) is 0 Å². The molecule has 1 aliphatic heterocycles. The minimum Gasteiger partial charge on any atom is -0.481 e. The first kappa shape index (κ1) is 16.1. The molecule has 3 aromatic rings. The zero-order chi connectivity index (χ0) is 17.2. The van der Waals surface area contributed by atoms with Crippen LogP contribution in [0.2, 0.25) is 0 Å². The predicted octanol–water partition coefficient (Wildman–Crippen LogP) is 2.61. The summed E-state index contributed by atoms with van der Waals surface area (Å²) < 4.78 is 13.4. The second-order valence-corrected chi connectivity index (χ2v) is 6.36. The first-order chi connectivity index (χ1) is 12.3. The number of hydrogen-bond donors (Lipinski definition) is 1. The Morgan fingerprint density at radius 2 is 2.28 bits per heavy atom. The molecule has 0 saturated heterocycles. The van der Waals surface area contributed by atoms with Crippen LogP contribution in [-0.2, 0) is 17.9 Å². The van der Waals surface area contributed by atoms with Gasteiger partial charge in [0.05, 0.1) is 30.8 Å². The van der Waals surface area contributed by atoms with Crippen LogP contribution in [0.5, 0.6) is 5.88 Å². The molecule has 3 heterocycles. The number of ether oxygens (including phenoxy) is 2. The summed E-state index contributed by atoms with van der Waals surface area (Å²) in [7, 11) is 1.65. The molecule has 0 aliphatic carbocycles. The molecule has 4 rings (SSSR count). The Hall–Kier alpha value is -2.44. The van der Waals surface area contributed by atoms with Gasteiger partial charge in [0.1, 0.15) is 12.4 Å². The monoisotopic (exact) mass is 338 g/mol. The van der Waals surface area contributed by atoms with E-state index in [1.165, 1.54) is 11.1 Å². The van der Waals surface area contributed by atoms with Crippen molar-refractivity contribution in [3.8, 4) is 5.88 Å². The zero-order valence-corrected chi connectivity index (χ0v) is 14.5. The van der Waals surface area contributed by atoms with Crippen molar-refractivity contribution in [2.45, 2.75) is 26.1 Å². The summed E-state index contributed by atoms with van der Waals surface area (Å²) in [5, 5.41) is 3.50. The number of nitrogens with zero attached hydrogens (tertiary/aromatic N) is 3. The molecule has 1 unspecified atom stereocenters. The third kappa shape index (κ3) is 3.10. The van der Waals surface area contributed by atoms with Crippen LogP contribution < -0.4 is 10.1 Å². The third-order valence-electron chi connectivity index (χ3n) is 4.56. The average Bonchev–Trinajstić information content (AvgIpc) is 3.00. The Balaban J connectivity index is 1.52. The van der Waals surface area contributed by atoms with E-state index < -0.39 is 0 Å². The number of aryl methyl sites for hydroxylation is 1. The minimum absolute atomic E-state index is 0.221. The van der Waals surface area contributed by atoms with Crippen LogP contribution in [0.1, 0.15) is 23.0 Å². The summed E-state index contributed by atoms with van der Waals surface area (Å²) in [4.78, 5) is 8.98. The smallest absolute Gasteiger partial charge is 0.217 e. The number of benzene rings is 1. The van der Waals surface area contributed by atoms with E-state index in [0.29, 0.717) is 25.6 Å². The van der Waals surface area contributed by atoms with Crippen LogP contribution in [0.25, 0.3) is 11.0 Å². The molecule has 130 valence electrons. The highest BCUT2D eigenvalue weighted by Gasteiger charge is 2.23. The van der Waals surface area contributed by atoms with Gasteiger partial charge in [-0.1, -0.05) is 12.1 Å². The number of pyridine rings is 1. The van der Waals surface area contributed by atoms with E-state index in [2.05, 4.69) is 40.0 Å². The number of imidazole rings is 1. The van der Waals surface area contributed by atoms with Crippen LogP contribution in [0, 0.1) is 6.92 Å². The maximum atomic E-state index is 5.76. The summed E-state index contributed by atoms with van der Waals surface area (Å²) in [5.41, 5.74) is 4.49. The number of rotatable bonds is 5. The predicted molar refractivity (Wildman–Crippen MR) is 95.7 cm³/mol. The molecule has 0 saturated carbocycles. The first-order valence-corrected chi connectivity index (χ1v) is 8.50. The van der Waals surface area contributed by atoms with Crippen molar-refractivity contribution in [2.75, 3.05) is 20.3 Å². The van der Waals surface area contributed by atoms with Gasteiger partial charge in [-0.05, 0) is 30.7 Å². The lowest BCUT2D eigenvalue weighted by Gasteiger charge is -2.26. The van der Waals surface area contributed by atoms with Crippen LogP contribution >= 0.6 is 0 Å². The standard InChI is InChI=1S/C19H22N4O2/c1-13-5-6-17-16(8-13)22-18-12-25-11-15(23(17)18)10-20-9-14-4-3-7-21-19(14)24-2/h3-8,15,20H,9-12H2,1-2H3. The first-order valence-electron chi connectivity index (χ1n) is 8.50. The van der Waals surface area contributed by atoms with Gasteiger partial charge in [0.15, 0.2) is 0 Å². The molecule has 0 bridgehead atoms. The van der Waals surface area contributed by atoms with Gasteiger partial charge in [-0.3, -0.25) is 0 Å². The van der Waals surface area contributed by atoms with Gasteiger partial charge in [0.2, 0.25) is 5.88 Å². The summed E-state index contributed by atoms with van der Waals surface area (Å²) in [6.07, 6.45) is 1.74. The molecule has 0 radical (unpaired) electrons. The van der Waals surface area contributed by atoms with E-state index in [4.69, 9.17) is 14.5 Å². The molecule has 0 spiro atoms. The Morgan fingerprint density at radius 3 is 3.16 bits per heavy atom. The van der Waals surface area contributed by atoms with Crippen LogP contribution in [0.3, 0.4) is 0 Å². The molecular weight excluding hydrogens is 316 g/mol. The summed E-state index contributed by atoms with van der Waals surface area (Å²) in [6.45, 7) is 4.84. The molecule has 1 aromatic carbocycles. The Morgan fingerprint density at radius 1 is 1.36 bits per heavy atom. The summed E-state index contributed by atoms with van der Waals surface area (Å²) >= 11 is 0. The summed E-state index contributed by atoms with van der Waals surface area (Å²) in [6, 6.07) is 10.6. The largest absolute Gasteiger partial charge is 0.481 e. The van der Waals surface area contributed by atoms with Gasteiger partial charge >= 0.3 is 0 Å². The van der Waals surface area contributed by atoms with Gasteiger partial charge < -0.3 is 19.4 Å². The Kier molecular flexibility index (Phi) is 4.38. The minimum atomic E-state index is 0.221. The van der Waals surface area contributed by atoms with Gasteiger partial charge in [0.25, 0.3) is 0 Å². The lowest BCUT2D eigenvalue weighted by molar-refractivity contribution is 0.0564. The normalized spacial score (nSPS) is 16.8. The van der Waals surface area contributed by atoms with E-state index in [9.17, 15) is 0 Å². The van der Waals surface area contributed by atoms with Crippen molar-refractivity contribution in [3.63, 3.8) is 0 Å². The van der Waals surface area contributed by atoms with Crippen molar-refractivity contribution in [1.82, 2.24) is 19.9 Å². The quantitative estimate of drug-likeness (QED) is 0.775. The number of fused-ring (bicyclic) bond motifs is 3. The highest BCUT2D eigenvalue weighted by atomic mass is 16.5. The van der Waals surface area contributed by atoms with Crippen molar-refractivity contribution < 1.29 is 9.47 Å². The fourth-order valence-corrected chi connectivity index (χ4v) is 3.39. The maximum Gasteiger partial charge on any atom is 0.217 e. The van der Waals surface area contributed by atoms with Crippen LogP contribution in [0.15, 0.2) is 36.5 Å². The van der Waals surface area contributed by atoms with Gasteiger partial charge in [-0.2, -0.15) is 0 Å². The lowest BCUT2D eigenvalue weighted by atomic mass is 10.2. The fraction of sp³-hybridized carbons (Fsp3) is 0.368. The summed E-state index contributed by atoms with van der Waals surface area (Å²) in [5.74, 6) is 1.66. The van der Waals surface area contributed by atoms with E-state index in [0.717, 1.165) is 23.4 Å². The van der Waals surface area contributed by atoms with Gasteiger partial charge in [-0.25, -0.2) is 9.97 Å². The average molecular weight is 338 g/mol. The molecule has 1 atom stereocenters. The van der Waals surface area contributed by atoms with E-state index in [-0.39, 0.29) is 6.04 Å². The Bertz CT molecular complexity index is 890. The number of nitrogens with one attached hydrogen (secondary N) is 1. The van der Waals surface area contributed by atoms with Crippen molar-refractivity contribution in [1.29, 1.82) is 0 Å². The lowest BCUT2D eigenvalue weighted by Crippen LogP contribution is -2.32. The van der Waals surface area contributed by atoms with Gasteiger partial charge in [-0.15, -0.1) is 0 Å². The highest BCUT2D eigenvalue weighted by molar-refractivity contribution is 5.77. The van der Waals surface area contributed by atoms with Crippen molar-refractivity contribution in [2.24, 2.45) is 0 Å². The molecule has 6 nitrogen and oxygen atoms in total. The highest BCUT2D eigenvalue weighted by Crippen LogP contribution is 2.26. The number of aromatic nitrogens is 3. The van der Waals surface area contributed by atoms with E-state index >= 15 is 0 Å². The second kappa shape index (κ2) is 6.82. The molecule has 25 heavy (non-hydrogen) atoms.